The number of rotatable bonds is 6. The first-order valence-corrected chi connectivity index (χ1v) is 10.9. The van der Waals surface area contributed by atoms with Gasteiger partial charge in [-0.15, -0.1) is 0 Å². The van der Waals surface area contributed by atoms with Crippen LogP contribution in [0.1, 0.15) is 28.9 Å². The summed E-state index contributed by atoms with van der Waals surface area (Å²) in [5.74, 6) is 0.0260. The Labute approximate surface area is 184 Å². The summed E-state index contributed by atoms with van der Waals surface area (Å²) >= 11 is 0. The molecule has 0 aromatic heterocycles. The van der Waals surface area contributed by atoms with E-state index in [2.05, 4.69) is 59.6 Å². The number of benzene rings is 3. The van der Waals surface area contributed by atoms with Crippen LogP contribution in [0, 0.1) is 0 Å². The maximum absolute atomic E-state index is 12.1. The molecule has 1 saturated heterocycles. The van der Waals surface area contributed by atoms with Gasteiger partial charge in [0.25, 0.3) is 5.91 Å². The van der Waals surface area contributed by atoms with Crippen LogP contribution in [-0.2, 0) is 4.74 Å². The monoisotopic (exact) mass is 417 g/mol. The van der Waals surface area contributed by atoms with Crippen molar-refractivity contribution >= 4 is 22.4 Å². The molecule has 0 bridgehead atoms. The minimum absolute atomic E-state index is 0.0260. The van der Waals surface area contributed by atoms with Crippen LogP contribution >= 0.6 is 0 Å². The maximum Gasteiger partial charge on any atom is 0.253 e. The predicted molar refractivity (Wildman–Crippen MR) is 127 cm³/mol. The van der Waals surface area contributed by atoms with Gasteiger partial charge < -0.3 is 19.9 Å². The number of amides is 1. The molecular weight excluding hydrogens is 386 g/mol. The molecule has 1 N–H and O–H groups in total. The van der Waals surface area contributed by atoms with Crippen LogP contribution in [0.25, 0.3) is 10.8 Å². The van der Waals surface area contributed by atoms with Gasteiger partial charge in [0.15, 0.2) is 0 Å². The van der Waals surface area contributed by atoms with Crippen molar-refractivity contribution in [3.05, 3.63) is 77.9 Å². The van der Waals surface area contributed by atoms with E-state index in [4.69, 9.17) is 4.74 Å². The van der Waals surface area contributed by atoms with E-state index in [1.165, 1.54) is 16.3 Å². The normalized spacial score (nSPS) is 17.5. The van der Waals surface area contributed by atoms with Gasteiger partial charge in [0.1, 0.15) is 0 Å². The van der Waals surface area contributed by atoms with Gasteiger partial charge >= 0.3 is 0 Å². The van der Waals surface area contributed by atoms with E-state index in [-0.39, 0.29) is 18.1 Å². The van der Waals surface area contributed by atoms with E-state index >= 15 is 0 Å². The lowest BCUT2D eigenvalue weighted by Gasteiger charge is -2.35. The Bertz CT molecular complexity index is 1030. The van der Waals surface area contributed by atoms with Crippen LogP contribution in [-0.4, -0.2) is 57.2 Å². The molecule has 5 heteroatoms. The topological polar surface area (TPSA) is 44.8 Å². The third-order valence-electron chi connectivity index (χ3n) is 5.97. The van der Waals surface area contributed by atoms with Gasteiger partial charge in [-0.1, -0.05) is 42.5 Å². The predicted octanol–water partition coefficient (Wildman–Crippen LogP) is 4.10. The molecule has 5 nitrogen and oxygen atoms in total. The van der Waals surface area contributed by atoms with Gasteiger partial charge in [-0.05, 0) is 47.5 Å². The average Bonchev–Trinajstić information content (AvgIpc) is 2.82. The molecule has 4 rings (SSSR count). The number of hydrogen-bond donors (Lipinski definition) is 1. The van der Waals surface area contributed by atoms with E-state index in [0.29, 0.717) is 12.2 Å². The van der Waals surface area contributed by atoms with Gasteiger partial charge in [-0.25, -0.2) is 0 Å². The lowest BCUT2D eigenvalue weighted by Crippen LogP contribution is -2.47. The van der Waals surface area contributed by atoms with E-state index in [1.807, 2.05) is 24.3 Å². The number of ether oxygens (including phenoxy) is 1. The SMILES string of the molecule is CC(NCC1CN(c2ccc(C(=O)N(C)C)cc2)CCO1)c1cccc2ccccc12. The second kappa shape index (κ2) is 9.50. The molecule has 3 aromatic carbocycles. The molecule has 1 aliphatic rings. The number of nitrogens with zero attached hydrogens (tertiary/aromatic N) is 2. The number of morpholine rings is 1. The molecule has 3 aromatic rings. The van der Waals surface area contributed by atoms with E-state index < -0.39 is 0 Å². The highest BCUT2D eigenvalue weighted by molar-refractivity contribution is 5.94. The highest BCUT2D eigenvalue weighted by atomic mass is 16.5. The molecule has 162 valence electrons. The molecule has 1 fully saturated rings. The minimum atomic E-state index is 0.0260. The molecule has 2 unspecified atom stereocenters. The van der Waals surface area contributed by atoms with Crippen LogP contribution < -0.4 is 10.2 Å². The van der Waals surface area contributed by atoms with Gasteiger partial charge in [0, 0.05) is 51.0 Å². The number of anilines is 1. The molecule has 0 saturated carbocycles. The second-order valence-corrected chi connectivity index (χ2v) is 8.38. The smallest absolute Gasteiger partial charge is 0.253 e. The Morgan fingerprint density at radius 1 is 1.10 bits per heavy atom. The molecule has 31 heavy (non-hydrogen) atoms. The number of hydrogen-bond acceptors (Lipinski definition) is 4. The minimum Gasteiger partial charge on any atom is -0.373 e. The van der Waals surface area contributed by atoms with E-state index in [0.717, 1.165) is 25.3 Å². The van der Waals surface area contributed by atoms with Crippen molar-refractivity contribution in [1.82, 2.24) is 10.2 Å². The van der Waals surface area contributed by atoms with Crippen LogP contribution in [0.3, 0.4) is 0 Å². The van der Waals surface area contributed by atoms with Crippen molar-refractivity contribution in [3.63, 3.8) is 0 Å². The summed E-state index contributed by atoms with van der Waals surface area (Å²) in [6.45, 7) is 5.39. The van der Waals surface area contributed by atoms with E-state index in [9.17, 15) is 4.79 Å². The van der Waals surface area contributed by atoms with Gasteiger partial charge in [-0.3, -0.25) is 4.79 Å². The van der Waals surface area contributed by atoms with Crippen molar-refractivity contribution in [2.24, 2.45) is 0 Å². The Morgan fingerprint density at radius 2 is 1.84 bits per heavy atom. The fraction of sp³-hybridized carbons (Fsp3) is 0.346. The Hall–Kier alpha value is -2.89. The van der Waals surface area contributed by atoms with E-state index in [1.54, 1.807) is 19.0 Å². The Balaban J connectivity index is 1.37. The fourth-order valence-electron chi connectivity index (χ4n) is 4.20. The molecule has 1 heterocycles. The number of nitrogens with one attached hydrogen (secondary N) is 1. The number of carbonyl (C=O) groups excluding carboxylic acids is 1. The van der Waals surface area contributed by atoms with Crippen LogP contribution in [0.4, 0.5) is 5.69 Å². The van der Waals surface area contributed by atoms with Crippen molar-refractivity contribution in [2.45, 2.75) is 19.1 Å². The molecule has 1 aliphatic heterocycles. The average molecular weight is 418 g/mol. The zero-order chi connectivity index (χ0) is 21.8. The molecule has 0 aliphatic carbocycles. The molecule has 2 atom stereocenters. The second-order valence-electron chi connectivity index (χ2n) is 8.38. The van der Waals surface area contributed by atoms with Gasteiger partial charge in [0.2, 0.25) is 0 Å². The molecule has 1 amide bonds. The van der Waals surface area contributed by atoms with Crippen LogP contribution in [0.2, 0.25) is 0 Å². The van der Waals surface area contributed by atoms with Crippen LogP contribution in [0.15, 0.2) is 66.7 Å². The molecular formula is C26H31N3O2. The summed E-state index contributed by atoms with van der Waals surface area (Å²) in [4.78, 5) is 16.1. The maximum atomic E-state index is 12.1. The zero-order valence-electron chi connectivity index (χ0n) is 18.5. The molecule has 0 radical (unpaired) electrons. The van der Waals surface area contributed by atoms with Gasteiger partial charge in [-0.2, -0.15) is 0 Å². The first kappa shape index (κ1) is 21.3. The zero-order valence-corrected chi connectivity index (χ0v) is 18.5. The van der Waals surface area contributed by atoms with Gasteiger partial charge in [0.05, 0.1) is 12.7 Å². The lowest BCUT2D eigenvalue weighted by atomic mass is 9.99. The summed E-state index contributed by atoms with van der Waals surface area (Å²) < 4.78 is 6.03. The third kappa shape index (κ3) is 4.89. The van der Waals surface area contributed by atoms with Crippen molar-refractivity contribution in [1.29, 1.82) is 0 Å². The first-order chi connectivity index (χ1) is 15.0. The van der Waals surface area contributed by atoms with Crippen molar-refractivity contribution < 1.29 is 9.53 Å². The summed E-state index contributed by atoms with van der Waals surface area (Å²) in [6.07, 6.45) is 0.120. The highest BCUT2D eigenvalue weighted by Gasteiger charge is 2.22. The largest absolute Gasteiger partial charge is 0.373 e. The van der Waals surface area contributed by atoms with Crippen molar-refractivity contribution in [2.75, 3.05) is 45.2 Å². The Kier molecular flexibility index (Phi) is 6.54. The lowest BCUT2D eigenvalue weighted by molar-refractivity contribution is 0.0395. The third-order valence-corrected chi connectivity index (χ3v) is 5.97. The first-order valence-electron chi connectivity index (χ1n) is 10.9. The summed E-state index contributed by atoms with van der Waals surface area (Å²) in [5.41, 5.74) is 3.15. The summed E-state index contributed by atoms with van der Waals surface area (Å²) in [7, 11) is 3.55. The quantitative estimate of drug-likeness (QED) is 0.656. The number of carbonyl (C=O) groups is 1. The molecule has 0 spiro atoms. The fourth-order valence-corrected chi connectivity index (χ4v) is 4.20. The van der Waals surface area contributed by atoms with Crippen LogP contribution in [0.5, 0.6) is 0 Å². The van der Waals surface area contributed by atoms with Crippen molar-refractivity contribution in [3.8, 4) is 0 Å². The summed E-state index contributed by atoms with van der Waals surface area (Å²) in [6, 6.07) is 23.1. The highest BCUT2D eigenvalue weighted by Crippen LogP contribution is 2.24. The standard InChI is InChI=1S/C26H31N3O2/c1-19(24-10-6-8-20-7-4-5-9-25(20)24)27-17-23-18-29(15-16-31-23)22-13-11-21(12-14-22)26(30)28(2)3/h4-14,19,23,27H,15-18H2,1-3H3. The number of fused-ring (bicyclic) bond motifs is 1. The summed E-state index contributed by atoms with van der Waals surface area (Å²) in [5, 5.41) is 6.23. The Morgan fingerprint density at radius 3 is 2.61 bits per heavy atom.